The highest BCUT2D eigenvalue weighted by Gasteiger charge is 2.43. The van der Waals surface area contributed by atoms with Gasteiger partial charge in [0.1, 0.15) is 35.2 Å². The van der Waals surface area contributed by atoms with E-state index >= 15 is 0 Å². The fourth-order valence-electron chi connectivity index (χ4n) is 3.68. The van der Waals surface area contributed by atoms with E-state index in [1.807, 2.05) is 55.5 Å². The lowest BCUT2D eigenvalue weighted by atomic mass is 9.76. The van der Waals surface area contributed by atoms with Gasteiger partial charge in [-0.05, 0) is 42.3 Å². The maximum Gasteiger partial charge on any atom is 0.148 e. The number of ether oxygens (including phenoxy) is 3. The minimum Gasteiger partial charge on any atom is -0.497 e. The Hall–Kier alpha value is -3.24. The SMILES string of the molecule is C=CCOc1ccc2c(c1)Oc1cc(OC)ccc1C2(O)c1ccccc1C. The maximum atomic E-state index is 12.1. The van der Waals surface area contributed by atoms with Gasteiger partial charge in [-0.25, -0.2) is 0 Å². The molecule has 1 unspecified atom stereocenters. The average molecular weight is 374 g/mol. The fourth-order valence-corrected chi connectivity index (χ4v) is 3.68. The molecule has 4 rings (SSSR count). The smallest absolute Gasteiger partial charge is 0.148 e. The van der Waals surface area contributed by atoms with Crippen LogP contribution >= 0.6 is 0 Å². The summed E-state index contributed by atoms with van der Waals surface area (Å²) in [5.41, 5.74) is 1.80. The van der Waals surface area contributed by atoms with Crippen LogP contribution in [0.25, 0.3) is 0 Å². The van der Waals surface area contributed by atoms with E-state index in [4.69, 9.17) is 14.2 Å². The van der Waals surface area contributed by atoms with Crippen molar-refractivity contribution < 1.29 is 19.3 Å². The van der Waals surface area contributed by atoms with Crippen molar-refractivity contribution in [3.63, 3.8) is 0 Å². The minimum atomic E-state index is -1.35. The predicted molar refractivity (Wildman–Crippen MR) is 108 cm³/mol. The second-order valence-corrected chi connectivity index (χ2v) is 6.75. The van der Waals surface area contributed by atoms with E-state index < -0.39 is 5.60 Å². The van der Waals surface area contributed by atoms with Crippen LogP contribution in [0.1, 0.15) is 22.3 Å². The molecule has 0 aliphatic carbocycles. The van der Waals surface area contributed by atoms with Gasteiger partial charge in [0.15, 0.2) is 0 Å². The maximum absolute atomic E-state index is 12.1. The Morgan fingerprint density at radius 3 is 2.25 bits per heavy atom. The number of hydrogen-bond acceptors (Lipinski definition) is 4. The summed E-state index contributed by atoms with van der Waals surface area (Å²) < 4.78 is 17.1. The van der Waals surface area contributed by atoms with Gasteiger partial charge in [0.2, 0.25) is 0 Å². The Kier molecular flexibility index (Phi) is 4.57. The van der Waals surface area contributed by atoms with E-state index in [0.29, 0.717) is 40.7 Å². The molecule has 4 heteroatoms. The number of methoxy groups -OCH3 is 1. The number of aliphatic hydroxyl groups is 1. The molecule has 0 radical (unpaired) electrons. The number of fused-ring (bicyclic) bond motifs is 2. The minimum absolute atomic E-state index is 0.394. The summed E-state index contributed by atoms with van der Waals surface area (Å²) in [6.45, 7) is 6.06. The molecule has 0 amide bonds. The first-order valence-corrected chi connectivity index (χ1v) is 9.11. The number of aryl methyl sites for hydroxylation is 1. The van der Waals surface area contributed by atoms with E-state index in [9.17, 15) is 5.11 Å². The van der Waals surface area contributed by atoms with Gasteiger partial charge in [0.25, 0.3) is 0 Å². The molecule has 0 saturated heterocycles. The molecule has 142 valence electrons. The predicted octanol–water partition coefficient (Wildman–Crippen LogP) is 4.96. The quantitative estimate of drug-likeness (QED) is 0.642. The second kappa shape index (κ2) is 7.06. The Balaban J connectivity index is 1.95. The fraction of sp³-hybridized carbons (Fsp3) is 0.167. The second-order valence-electron chi connectivity index (χ2n) is 6.75. The van der Waals surface area contributed by atoms with Crippen LogP contribution in [0, 0.1) is 6.92 Å². The first-order chi connectivity index (χ1) is 13.6. The summed E-state index contributed by atoms with van der Waals surface area (Å²) >= 11 is 0. The molecule has 4 nitrogen and oxygen atoms in total. The highest BCUT2D eigenvalue weighted by atomic mass is 16.5. The van der Waals surface area contributed by atoms with Crippen molar-refractivity contribution in [2.24, 2.45) is 0 Å². The van der Waals surface area contributed by atoms with Gasteiger partial charge in [-0.1, -0.05) is 36.9 Å². The van der Waals surface area contributed by atoms with Crippen LogP contribution in [-0.4, -0.2) is 18.8 Å². The van der Waals surface area contributed by atoms with Gasteiger partial charge in [0.05, 0.1) is 7.11 Å². The molecule has 1 atom stereocenters. The average Bonchev–Trinajstić information content (AvgIpc) is 2.72. The van der Waals surface area contributed by atoms with Crippen molar-refractivity contribution in [2.45, 2.75) is 12.5 Å². The van der Waals surface area contributed by atoms with Crippen molar-refractivity contribution in [2.75, 3.05) is 13.7 Å². The molecule has 3 aromatic rings. The molecule has 3 aromatic carbocycles. The van der Waals surface area contributed by atoms with Crippen molar-refractivity contribution in [1.29, 1.82) is 0 Å². The summed E-state index contributed by atoms with van der Waals surface area (Å²) in [4.78, 5) is 0. The normalized spacial score (nSPS) is 17.1. The lowest BCUT2D eigenvalue weighted by molar-refractivity contribution is 0.111. The third kappa shape index (κ3) is 2.83. The number of rotatable bonds is 5. The zero-order chi connectivity index (χ0) is 19.7. The monoisotopic (exact) mass is 374 g/mol. The van der Waals surface area contributed by atoms with Crippen LogP contribution in [0.5, 0.6) is 23.0 Å². The highest BCUT2D eigenvalue weighted by Crippen LogP contribution is 2.52. The van der Waals surface area contributed by atoms with Gasteiger partial charge in [-0.15, -0.1) is 0 Å². The van der Waals surface area contributed by atoms with E-state index in [0.717, 1.165) is 11.1 Å². The van der Waals surface area contributed by atoms with Gasteiger partial charge in [0, 0.05) is 23.3 Å². The first kappa shape index (κ1) is 18.1. The molecule has 0 saturated carbocycles. The van der Waals surface area contributed by atoms with Crippen LogP contribution in [0.3, 0.4) is 0 Å². The van der Waals surface area contributed by atoms with E-state index in [1.165, 1.54) is 0 Å². The molecule has 1 N–H and O–H groups in total. The van der Waals surface area contributed by atoms with Crippen LogP contribution in [0.15, 0.2) is 73.3 Å². The Labute approximate surface area is 164 Å². The summed E-state index contributed by atoms with van der Waals surface area (Å²) in [5.74, 6) is 2.41. The summed E-state index contributed by atoms with van der Waals surface area (Å²) in [5, 5.41) is 12.1. The number of hydrogen-bond donors (Lipinski definition) is 1. The van der Waals surface area contributed by atoms with E-state index in [1.54, 1.807) is 25.3 Å². The summed E-state index contributed by atoms with van der Waals surface area (Å²) in [6, 6.07) is 18.8. The molecule has 28 heavy (non-hydrogen) atoms. The molecule has 1 aliphatic rings. The Morgan fingerprint density at radius 1 is 0.964 bits per heavy atom. The summed E-state index contributed by atoms with van der Waals surface area (Å²) in [6.07, 6.45) is 1.68. The highest BCUT2D eigenvalue weighted by molar-refractivity contribution is 5.64. The van der Waals surface area contributed by atoms with Gasteiger partial charge in [-0.2, -0.15) is 0 Å². The zero-order valence-electron chi connectivity index (χ0n) is 15.9. The van der Waals surface area contributed by atoms with Crippen LogP contribution in [0.2, 0.25) is 0 Å². The molecule has 0 bridgehead atoms. The third-order valence-corrected chi connectivity index (χ3v) is 5.04. The lowest BCUT2D eigenvalue weighted by Crippen LogP contribution is -2.33. The van der Waals surface area contributed by atoms with Crippen molar-refractivity contribution >= 4 is 0 Å². The summed E-state index contributed by atoms with van der Waals surface area (Å²) in [7, 11) is 1.60. The molecular formula is C24H22O4. The van der Waals surface area contributed by atoms with Crippen molar-refractivity contribution in [1.82, 2.24) is 0 Å². The Morgan fingerprint density at radius 2 is 1.61 bits per heavy atom. The van der Waals surface area contributed by atoms with Gasteiger partial charge < -0.3 is 19.3 Å². The molecular weight excluding hydrogens is 352 g/mol. The molecule has 0 aromatic heterocycles. The molecule has 1 aliphatic heterocycles. The topological polar surface area (TPSA) is 47.9 Å². The molecule has 1 heterocycles. The standard InChI is InChI=1S/C24H22O4/c1-4-13-27-18-10-12-21-23(15-18)28-22-14-17(26-3)9-11-20(22)24(21,25)19-8-6-5-7-16(19)2/h4-12,14-15,25H,1,13H2,2-3H3. The van der Waals surface area contributed by atoms with Crippen LogP contribution in [0.4, 0.5) is 0 Å². The van der Waals surface area contributed by atoms with E-state index in [2.05, 4.69) is 6.58 Å². The number of benzene rings is 3. The van der Waals surface area contributed by atoms with Gasteiger partial charge >= 0.3 is 0 Å². The van der Waals surface area contributed by atoms with Crippen LogP contribution < -0.4 is 14.2 Å². The molecule has 0 spiro atoms. The largest absolute Gasteiger partial charge is 0.497 e. The lowest BCUT2D eigenvalue weighted by Gasteiger charge is -2.37. The van der Waals surface area contributed by atoms with Crippen molar-refractivity contribution in [3.05, 3.63) is 95.6 Å². The van der Waals surface area contributed by atoms with E-state index in [-0.39, 0.29) is 0 Å². The zero-order valence-corrected chi connectivity index (χ0v) is 15.9. The third-order valence-electron chi connectivity index (χ3n) is 5.04. The van der Waals surface area contributed by atoms with Crippen LogP contribution in [-0.2, 0) is 5.60 Å². The molecule has 0 fully saturated rings. The van der Waals surface area contributed by atoms with Gasteiger partial charge in [-0.3, -0.25) is 0 Å². The first-order valence-electron chi connectivity index (χ1n) is 9.11. The van der Waals surface area contributed by atoms with Crippen molar-refractivity contribution in [3.8, 4) is 23.0 Å². The Bertz CT molecular complexity index is 1040.